The van der Waals surface area contributed by atoms with Gasteiger partial charge in [-0.1, -0.05) is 11.6 Å². The molecule has 0 radical (unpaired) electrons. The molecule has 0 bridgehead atoms. The van der Waals surface area contributed by atoms with Crippen LogP contribution in [0.3, 0.4) is 0 Å². The summed E-state index contributed by atoms with van der Waals surface area (Å²) in [5.74, 6) is 0. The molecule has 1 rings (SSSR count). The fourth-order valence-electron chi connectivity index (χ4n) is 1.34. The number of hydrogen-bond donors (Lipinski definition) is 1. The van der Waals surface area contributed by atoms with E-state index in [-0.39, 0.29) is 6.04 Å². The molecule has 3 nitrogen and oxygen atoms in total. The molecule has 0 amide bonds. The zero-order chi connectivity index (χ0) is 12.3. The summed E-state index contributed by atoms with van der Waals surface area (Å²) in [4.78, 5) is 0.312. The van der Waals surface area contributed by atoms with Gasteiger partial charge in [-0.15, -0.1) is 0 Å². The first-order valence-electron chi connectivity index (χ1n) is 5.06. The van der Waals surface area contributed by atoms with Gasteiger partial charge >= 0.3 is 0 Å². The highest BCUT2D eigenvalue weighted by molar-refractivity contribution is 7.92. The van der Waals surface area contributed by atoms with Crippen molar-refractivity contribution in [2.75, 3.05) is 7.05 Å². The Morgan fingerprint density at radius 1 is 1.19 bits per heavy atom. The van der Waals surface area contributed by atoms with Gasteiger partial charge in [0.2, 0.25) is 0 Å². The maximum Gasteiger partial charge on any atom is 0.182 e. The summed E-state index contributed by atoms with van der Waals surface area (Å²) in [6.07, 6.45) is 0. The molecule has 0 saturated heterocycles. The molecule has 1 aromatic rings. The molecule has 2 unspecified atom stereocenters. The number of sulfone groups is 1. The van der Waals surface area contributed by atoms with Gasteiger partial charge in [-0.05, 0) is 45.2 Å². The molecule has 5 heteroatoms. The van der Waals surface area contributed by atoms with E-state index in [1.54, 1.807) is 26.1 Å². The molecule has 1 aromatic carbocycles. The molecule has 0 spiro atoms. The van der Waals surface area contributed by atoms with Gasteiger partial charge in [-0.3, -0.25) is 0 Å². The number of benzene rings is 1. The highest BCUT2D eigenvalue weighted by Crippen LogP contribution is 2.20. The minimum Gasteiger partial charge on any atom is -0.316 e. The monoisotopic (exact) mass is 261 g/mol. The summed E-state index contributed by atoms with van der Waals surface area (Å²) in [7, 11) is -1.54. The number of nitrogens with one attached hydrogen (secondary N) is 1. The van der Waals surface area contributed by atoms with Crippen molar-refractivity contribution in [3.05, 3.63) is 29.3 Å². The molecule has 0 heterocycles. The van der Waals surface area contributed by atoms with E-state index < -0.39 is 15.1 Å². The second kappa shape index (κ2) is 5.17. The SMILES string of the molecule is CNC(C)C(C)S(=O)(=O)c1ccc(Cl)cc1. The standard InChI is InChI=1S/C11H16ClNO2S/c1-8(13-3)9(2)16(14,15)11-6-4-10(12)5-7-11/h4-9,13H,1-3H3. The zero-order valence-electron chi connectivity index (χ0n) is 9.57. The fraction of sp³-hybridized carbons (Fsp3) is 0.455. The normalized spacial score (nSPS) is 15.8. The van der Waals surface area contributed by atoms with Crippen LogP contribution in [0.2, 0.25) is 5.02 Å². The Balaban J connectivity index is 3.07. The lowest BCUT2D eigenvalue weighted by molar-refractivity contribution is 0.539. The third-order valence-electron chi connectivity index (χ3n) is 2.79. The van der Waals surface area contributed by atoms with Crippen LogP contribution in [-0.2, 0) is 9.84 Å². The Bertz CT molecular complexity index is 442. The first-order valence-corrected chi connectivity index (χ1v) is 6.98. The van der Waals surface area contributed by atoms with Gasteiger partial charge in [0, 0.05) is 11.1 Å². The van der Waals surface area contributed by atoms with Crippen LogP contribution in [-0.4, -0.2) is 26.8 Å². The Morgan fingerprint density at radius 3 is 2.12 bits per heavy atom. The van der Waals surface area contributed by atoms with Gasteiger partial charge in [-0.25, -0.2) is 8.42 Å². The highest BCUT2D eigenvalue weighted by atomic mass is 35.5. The summed E-state index contributed by atoms with van der Waals surface area (Å²) in [5, 5.41) is 3.01. The van der Waals surface area contributed by atoms with Crippen LogP contribution in [0.4, 0.5) is 0 Å². The molecule has 0 fully saturated rings. The average Bonchev–Trinajstić information content (AvgIpc) is 2.27. The van der Waals surface area contributed by atoms with E-state index in [4.69, 9.17) is 11.6 Å². The summed E-state index contributed by atoms with van der Waals surface area (Å²) in [6, 6.07) is 6.16. The van der Waals surface area contributed by atoms with Crippen LogP contribution in [0.15, 0.2) is 29.2 Å². The van der Waals surface area contributed by atoms with Gasteiger partial charge in [0.05, 0.1) is 10.1 Å². The van der Waals surface area contributed by atoms with Crippen LogP contribution >= 0.6 is 11.6 Å². The predicted octanol–water partition coefficient (Wildman–Crippen LogP) is 2.11. The molecular formula is C11H16ClNO2S. The predicted molar refractivity (Wildman–Crippen MR) is 66.6 cm³/mol. The topological polar surface area (TPSA) is 46.2 Å². The van der Waals surface area contributed by atoms with Crippen LogP contribution in [0.5, 0.6) is 0 Å². The van der Waals surface area contributed by atoms with Crippen molar-refractivity contribution in [3.8, 4) is 0 Å². The minimum atomic E-state index is -3.29. The Morgan fingerprint density at radius 2 is 1.69 bits per heavy atom. The lowest BCUT2D eigenvalue weighted by atomic mass is 10.3. The van der Waals surface area contributed by atoms with Crippen molar-refractivity contribution in [2.24, 2.45) is 0 Å². The summed E-state index contributed by atoms with van der Waals surface area (Å²) >= 11 is 5.72. The average molecular weight is 262 g/mol. The van der Waals surface area contributed by atoms with E-state index in [9.17, 15) is 8.42 Å². The molecule has 0 aliphatic heterocycles. The van der Waals surface area contributed by atoms with Crippen molar-refractivity contribution < 1.29 is 8.42 Å². The van der Waals surface area contributed by atoms with Gasteiger partial charge in [0.25, 0.3) is 0 Å². The first-order chi connectivity index (χ1) is 7.39. The molecule has 1 N–H and O–H groups in total. The Labute approximate surface area is 102 Å². The Hall–Kier alpha value is -0.580. The number of rotatable bonds is 4. The van der Waals surface area contributed by atoms with Gasteiger partial charge in [-0.2, -0.15) is 0 Å². The quantitative estimate of drug-likeness (QED) is 0.903. The molecule has 90 valence electrons. The van der Waals surface area contributed by atoms with Gasteiger partial charge in [0.1, 0.15) is 0 Å². The van der Waals surface area contributed by atoms with Crippen molar-refractivity contribution >= 4 is 21.4 Å². The van der Waals surface area contributed by atoms with Crippen molar-refractivity contribution in [1.29, 1.82) is 0 Å². The maximum atomic E-state index is 12.2. The molecular weight excluding hydrogens is 246 g/mol. The van der Waals surface area contributed by atoms with E-state index >= 15 is 0 Å². The minimum absolute atomic E-state index is 0.0966. The molecule has 0 aromatic heterocycles. The van der Waals surface area contributed by atoms with Crippen LogP contribution in [0.25, 0.3) is 0 Å². The summed E-state index contributed by atoms with van der Waals surface area (Å²) < 4.78 is 24.3. The van der Waals surface area contributed by atoms with E-state index in [1.165, 1.54) is 12.1 Å². The van der Waals surface area contributed by atoms with E-state index in [0.29, 0.717) is 9.92 Å². The second-order valence-electron chi connectivity index (χ2n) is 3.78. The van der Waals surface area contributed by atoms with Gasteiger partial charge < -0.3 is 5.32 Å². The molecule has 0 aliphatic rings. The highest BCUT2D eigenvalue weighted by Gasteiger charge is 2.27. The van der Waals surface area contributed by atoms with E-state index in [0.717, 1.165) is 0 Å². The molecule has 0 aliphatic carbocycles. The number of hydrogen-bond acceptors (Lipinski definition) is 3. The summed E-state index contributed by atoms with van der Waals surface area (Å²) in [6.45, 7) is 3.54. The summed E-state index contributed by atoms with van der Waals surface area (Å²) in [5.41, 5.74) is 0. The largest absolute Gasteiger partial charge is 0.316 e. The fourth-order valence-corrected chi connectivity index (χ4v) is 3.09. The van der Waals surface area contributed by atoms with E-state index in [2.05, 4.69) is 5.32 Å². The lowest BCUT2D eigenvalue weighted by Crippen LogP contribution is -2.38. The first kappa shape index (κ1) is 13.5. The third kappa shape index (κ3) is 2.75. The van der Waals surface area contributed by atoms with E-state index in [1.807, 2.05) is 6.92 Å². The maximum absolute atomic E-state index is 12.2. The van der Waals surface area contributed by atoms with Crippen molar-refractivity contribution in [3.63, 3.8) is 0 Å². The molecule has 0 saturated carbocycles. The second-order valence-corrected chi connectivity index (χ2v) is 6.52. The van der Waals surface area contributed by atoms with Gasteiger partial charge in [0.15, 0.2) is 9.84 Å². The molecule has 2 atom stereocenters. The third-order valence-corrected chi connectivity index (χ3v) is 5.36. The van der Waals surface area contributed by atoms with Crippen LogP contribution in [0.1, 0.15) is 13.8 Å². The smallest absolute Gasteiger partial charge is 0.182 e. The van der Waals surface area contributed by atoms with Crippen molar-refractivity contribution in [1.82, 2.24) is 5.32 Å². The zero-order valence-corrected chi connectivity index (χ0v) is 11.1. The molecule has 16 heavy (non-hydrogen) atoms. The van der Waals surface area contributed by atoms with Crippen molar-refractivity contribution in [2.45, 2.75) is 30.0 Å². The van der Waals surface area contributed by atoms with Crippen LogP contribution in [0, 0.1) is 0 Å². The lowest BCUT2D eigenvalue weighted by Gasteiger charge is -2.19. The Kier molecular flexibility index (Phi) is 4.35. The van der Waals surface area contributed by atoms with Crippen LogP contribution < -0.4 is 5.32 Å². The number of halogens is 1.